The van der Waals surface area contributed by atoms with Crippen molar-refractivity contribution in [2.75, 3.05) is 13.2 Å². The molecule has 0 radical (unpaired) electrons. The maximum absolute atomic E-state index is 13.4. The minimum atomic E-state index is -2.85. The number of carbonyl (C=O) groups excluding carboxylic acids is 2. The van der Waals surface area contributed by atoms with Gasteiger partial charge in [0.25, 0.3) is 5.92 Å². The lowest BCUT2D eigenvalue weighted by Gasteiger charge is -2.20. The number of fused-ring (bicyclic) bond motifs is 3. The second-order valence-corrected chi connectivity index (χ2v) is 9.11. The molecule has 2 amide bonds. The van der Waals surface area contributed by atoms with Crippen LogP contribution in [0.4, 0.5) is 13.6 Å². The van der Waals surface area contributed by atoms with E-state index in [0.717, 1.165) is 22.3 Å². The Balaban J connectivity index is 1.38. The number of halogens is 2. The monoisotopic (exact) mass is 472 g/mol. The third kappa shape index (κ3) is 4.73. The van der Waals surface area contributed by atoms with Crippen molar-refractivity contribution in [1.82, 2.24) is 10.6 Å². The molecular formula is C25H26F2N2O5. The summed E-state index contributed by atoms with van der Waals surface area (Å²) in [4.78, 5) is 36.0. The molecule has 0 aromatic heterocycles. The topological polar surface area (TPSA) is 105 Å². The SMILES string of the molecule is CC1(CNC(=O)C(CCC(=O)O)NC(=O)OCC2c3ccccc3-c3ccccc32)CC1(F)F. The van der Waals surface area contributed by atoms with Gasteiger partial charge in [0.1, 0.15) is 12.6 Å². The van der Waals surface area contributed by atoms with Gasteiger partial charge in [0.2, 0.25) is 5.91 Å². The van der Waals surface area contributed by atoms with Gasteiger partial charge < -0.3 is 20.5 Å². The molecule has 1 fully saturated rings. The maximum atomic E-state index is 13.4. The number of rotatable bonds is 9. The Morgan fingerprint density at radius 2 is 1.65 bits per heavy atom. The number of carboxylic acid groups (broad SMARTS) is 1. The average molecular weight is 472 g/mol. The van der Waals surface area contributed by atoms with E-state index < -0.39 is 35.3 Å². The summed E-state index contributed by atoms with van der Waals surface area (Å²) in [6.07, 6.45) is -1.79. The van der Waals surface area contributed by atoms with Gasteiger partial charge in [-0.1, -0.05) is 55.5 Å². The second-order valence-electron chi connectivity index (χ2n) is 9.11. The molecular weight excluding hydrogens is 446 g/mol. The number of hydrogen-bond acceptors (Lipinski definition) is 4. The Morgan fingerprint density at radius 1 is 1.09 bits per heavy atom. The second kappa shape index (κ2) is 9.04. The Hall–Kier alpha value is -3.49. The number of alkyl halides is 2. The summed E-state index contributed by atoms with van der Waals surface area (Å²) in [5, 5.41) is 13.8. The highest BCUT2D eigenvalue weighted by atomic mass is 19.3. The van der Waals surface area contributed by atoms with Gasteiger partial charge in [-0.2, -0.15) is 0 Å². The molecule has 1 saturated carbocycles. The van der Waals surface area contributed by atoms with Crippen LogP contribution in [0.1, 0.15) is 43.2 Å². The summed E-state index contributed by atoms with van der Waals surface area (Å²) in [6.45, 7) is 1.12. The number of benzene rings is 2. The molecule has 0 heterocycles. The molecule has 2 aromatic carbocycles. The van der Waals surface area contributed by atoms with Crippen molar-refractivity contribution in [2.24, 2.45) is 5.41 Å². The van der Waals surface area contributed by atoms with E-state index in [9.17, 15) is 23.2 Å². The van der Waals surface area contributed by atoms with Crippen LogP contribution in [0.2, 0.25) is 0 Å². The van der Waals surface area contributed by atoms with Gasteiger partial charge in [-0.15, -0.1) is 0 Å². The predicted octanol–water partition coefficient (Wildman–Crippen LogP) is 3.92. The van der Waals surface area contributed by atoms with Gasteiger partial charge in [-0.05, 0) is 28.7 Å². The van der Waals surface area contributed by atoms with Crippen LogP contribution in [0.3, 0.4) is 0 Å². The number of hydrogen-bond donors (Lipinski definition) is 3. The lowest BCUT2D eigenvalue weighted by Crippen LogP contribution is -2.48. The molecule has 3 N–H and O–H groups in total. The smallest absolute Gasteiger partial charge is 0.407 e. The quantitative estimate of drug-likeness (QED) is 0.513. The first-order valence-corrected chi connectivity index (χ1v) is 11.1. The van der Waals surface area contributed by atoms with Crippen LogP contribution < -0.4 is 10.6 Å². The van der Waals surface area contributed by atoms with Crippen molar-refractivity contribution in [2.45, 2.75) is 44.1 Å². The van der Waals surface area contributed by atoms with Crippen molar-refractivity contribution < 1.29 is 33.0 Å². The highest BCUT2D eigenvalue weighted by molar-refractivity contribution is 5.86. The predicted molar refractivity (Wildman–Crippen MR) is 120 cm³/mol. The Kier molecular flexibility index (Phi) is 6.29. The molecule has 2 aliphatic carbocycles. The van der Waals surface area contributed by atoms with Crippen molar-refractivity contribution >= 4 is 18.0 Å². The fourth-order valence-corrected chi connectivity index (χ4v) is 4.36. The normalized spacial score (nSPS) is 20.6. The molecule has 0 saturated heterocycles. The molecule has 0 bridgehead atoms. The van der Waals surface area contributed by atoms with Crippen LogP contribution in [-0.4, -0.2) is 48.2 Å². The minimum Gasteiger partial charge on any atom is -0.481 e. The van der Waals surface area contributed by atoms with E-state index in [-0.39, 0.29) is 38.3 Å². The van der Waals surface area contributed by atoms with Crippen molar-refractivity contribution in [1.29, 1.82) is 0 Å². The maximum Gasteiger partial charge on any atom is 0.407 e. The Morgan fingerprint density at radius 3 is 2.18 bits per heavy atom. The van der Waals surface area contributed by atoms with Gasteiger partial charge in [0, 0.05) is 25.3 Å². The molecule has 2 atom stereocenters. The van der Waals surface area contributed by atoms with E-state index in [0.29, 0.717) is 0 Å². The number of carbonyl (C=O) groups is 3. The van der Waals surface area contributed by atoms with E-state index in [4.69, 9.17) is 9.84 Å². The van der Waals surface area contributed by atoms with Crippen molar-refractivity contribution in [3.05, 3.63) is 59.7 Å². The first kappa shape index (κ1) is 23.7. The van der Waals surface area contributed by atoms with Gasteiger partial charge >= 0.3 is 12.1 Å². The number of nitrogens with one attached hydrogen (secondary N) is 2. The Labute approximate surface area is 195 Å². The lowest BCUT2D eigenvalue weighted by molar-refractivity contribution is -0.137. The third-order valence-electron chi connectivity index (χ3n) is 6.62. The molecule has 9 heteroatoms. The molecule has 0 aliphatic heterocycles. The summed E-state index contributed by atoms with van der Waals surface area (Å²) in [7, 11) is 0. The van der Waals surface area contributed by atoms with Crippen LogP contribution in [0.5, 0.6) is 0 Å². The Bertz CT molecular complexity index is 1080. The van der Waals surface area contributed by atoms with E-state index >= 15 is 0 Å². The van der Waals surface area contributed by atoms with Crippen LogP contribution in [0.15, 0.2) is 48.5 Å². The fraction of sp³-hybridized carbons (Fsp3) is 0.400. The highest BCUT2D eigenvalue weighted by Gasteiger charge is 2.67. The van der Waals surface area contributed by atoms with Gasteiger partial charge in [0.15, 0.2) is 0 Å². The average Bonchev–Trinajstić information content (AvgIpc) is 3.16. The number of amides is 2. The zero-order chi connectivity index (χ0) is 24.5. The summed E-state index contributed by atoms with van der Waals surface area (Å²) < 4.78 is 32.3. The number of aliphatic carboxylic acids is 1. The molecule has 180 valence electrons. The lowest BCUT2D eigenvalue weighted by atomic mass is 9.98. The highest BCUT2D eigenvalue weighted by Crippen LogP contribution is 2.59. The van der Waals surface area contributed by atoms with Gasteiger partial charge in [-0.25, -0.2) is 13.6 Å². The number of alkyl carbamates (subject to hydrolysis) is 1. The summed E-state index contributed by atoms with van der Waals surface area (Å²) >= 11 is 0. The zero-order valence-electron chi connectivity index (χ0n) is 18.6. The third-order valence-corrected chi connectivity index (χ3v) is 6.62. The van der Waals surface area contributed by atoms with Crippen LogP contribution in [0, 0.1) is 5.41 Å². The first-order chi connectivity index (χ1) is 16.1. The fourth-order valence-electron chi connectivity index (χ4n) is 4.36. The number of ether oxygens (including phenoxy) is 1. The molecule has 2 aromatic rings. The molecule has 2 aliphatic rings. The number of carboxylic acids is 1. The zero-order valence-corrected chi connectivity index (χ0v) is 18.6. The molecule has 2 unspecified atom stereocenters. The largest absolute Gasteiger partial charge is 0.481 e. The van der Waals surface area contributed by atoms with Crippen LogP contribution in [0.25, 0.3) is 11.1 Å². The van der Waals surface area contributed by atoms with Crippen molar-refractivity contribution in [3.8, 4) is 11.1 Å². The van der Waals surface area contributed by atoms with Gasteiger partial charge in [0.05, 0.1) is 5.41 Å². The molecule has 4 rings (SSSR count). The van der Waals surface area contributed by atoms with Crippen molar-refractivity contribution in [3.63, 3.8) is 0 Å². The van der Waals surface area contributed by atoms with Crippen LogP contribution in [-0.2, 0) is 14.3 Å². The van der Waals surface area contributed by atoms with Crippen LogP contribution >= 0.6 is 0 Å². The summed E-state index contributed by atoms with van der Waals surface area (Å²) in [5.74, 6) is -4.90. The molecule has 34 heavy (non-hydrogen) atoms. The van der Waals surface area contributed by atoms with Gasteiger partial charge in [-0.3, -0.25) is 9.59 Å². The molecule has 7 nitrogen and oxygen atoms in total. The van der Waals surface area contributed by atoms with E-state index in [1.54, 1.807) is 0 Å². The standard InChI is InChI=1S/C25H26F2N2O5/c1-24(13-25(24,26)27)14-28-22(32)20(10-11-21(30)31)29-23(33)34-12-19-17-8-4-2-6-15(17)16-7-3-5-9-18(16)19/h2-9,19-20H,10-14H2,1H3,(H,28,32)(H,29,33)(H,30,31). The van der Waals surface area contributed by atoms with E-state index in [1.165, 1.54) is 6.92 Å². The minimum absolute atomic E-state index is 0.0252. The summed E-state index contributed by atoms with van der Waals surface area (Å²) in [5.41, 5.74) is 2.85. The van der Waals surface area contributed by atoms with E-state index in [1.807, 2.05) is 48.5 Å². The summed E-state index contributed by atoms with van der Waals surface area (Å²) in [6, 6.07) is 14.4. The van der Waals surface area contributed by atoms with E-state index in [2.05, 4.69) is 10.6 Å². The first-order valence-electron chi connectivity index (χ1n) is 11.1. The molecule has 0 spiro atoms.